The van der Waals surface area contributed by atoms with E-state index in [0.29, 0.717) is 23.3 Å². The molecule has 0 spiro atoms. The van der Waals surface area contributed by atoms with E-state index < -0.39 is 5.91 Å². The molecule has 24 heavy (non-hydrogen) atoms. The Hall–Kier alpha value is -2.48. The number of benzene rings is 1. The molecule has 0 radical (unpaired) electrons. The SMILES string of the molecule is COc1ccc2c(c1)c1nc3n(c(=O)c1n2CC(N)=O)CCCS3. The zero-order valence-corrected chi connectivity index (χ0v) is 13.9. The van der Waals surface area contributed by atoms with Gasteiger partial charge in [0.25, 0.3) is 5.56 Å². The van der Waals surface area contributed by atoms with Crippen LogP contribution in [0.2, 0.25) is 0 Å². The van der Waals surface area contributed by atoms with Crippen molar-refractivity contribution in [3.05, 3.63) is 28.6 Å². The molecule has 0 saturated carbocycles. The van der Waals surface area contributed by atoms with Crippen LogP contribution in [0.3, 0.4) is 0 Å². The smallest absolute Gasteiger partial charge is 0.278 e. The zero-order valence-electron chi connectivity index (χ0n) is 13.1. The molecule has 3 aromatic rings. The molecule has 0 unspecified atom stereocenters. The first-order valence-corrected chi connectivity index (χ1v) is 8.60. The van der Waals surface area contributed by atoms with Crippen LogP contribution in [-0.4, -0.2) is 32.9 Å². The third-order valence-electron chi connectivity index (χ3n) is 4.20. The largest absolute Gasteiger partial charge is 0.497 e. The van der Waals surface area contributed by atoms with E-state index in [1.165, 1.54) is 0 Å². The zero-order chi connectivity index (χ0) is 16.8. The second kappa shape index (κ2) is 5.55. The number of fused-ring (bicyclic) bond motifs is 4. The van der Waals surface area contributed by atoms with Gasteiger partial charge < -0.3 is 15.0 Å². The number of carbonyl (C=O) groups is 1. The monoisotopic (exact) mass is 344 g/mol. The van der Waals surface area contributed by atoms with Gasteiger partial charge in [-0.2, -0.15) is 0 Å². The molecule has 3 heterocycles. The van der Waals surface area contributed by atoms with Crippen molar-refractivity contribution < 1.29 is 9.53 Å². The van der Waals surface area contributed by atoms with Crippen LogP contribution in [0.25, 0.3) is 21.9 Å². The second-order valence-electron chi connectivity index (χ2n) is 5.69. The summed E-state index contributed by atoms with van der Waals surface area (Å²) in [7, 11) is 1.59. The normalized spacial score (nSPS) is 14.0. The van der Waals surface area contributed by atoms with Crippen LogP contribution >= 0.6 is 11.8 Å². The van der Waals surface area contributed by atoms with E-state index in [4.69, 9.17) is 15.5 Å². The number of hydrogen-bond donors (Lipinski definition) is 1. The minimum absolute atomic E-state index is 0.0598. The Morgan fingerprint density at radius 1 is 1.46 bits per heavy atom. The summed E-state index contributed by atoms with van der Waals surface area (Å²) >= 11 is 1.58. The summed E-state index contributed by atoms with van der Waals surface area (Å²) in [6.07, 6.45) is 0.925. The van der Waals surface area contributed by atoms with Crippen molar-refractivity contribution in [2.75, 3.05) is 12.9 Å². The molecule has 7 nitrogen and oxygen atoms in total. The van der Waals surface area contributed by atoms with Crippen LogP contribution in [0.5, 0.6) is 5.75 Å². The topological polar surface area (TPSA) is 92.1 Å². The maximum absolute atomic E-state index is 13.0. The third kappa shape index (κ3) is 2.17. The summed E-state index contributed by atoms with van der Waals surface area (Å²) < 4.78 is 8.63. The first kappa shape index (κ1) is 15.1. The van der Waals surface area contributed by atoms with Crippen molar-refractivity contribution in [2.45, 2.75) is 24.7 Å². The highest BCUT2D eigenvalue weighted by atomic mass is 32.2. The fourth-order valence-corrected chi connectivity index (χ4v) is 4.10. The molecular formula is C16H16N4O3S. The van der Waals surface area contributed by atoms with E-state index in [0.717, 1.165) is 28.2 Å². The molecule has 2 N–H and O–H groups in total. The molecule has 1 amide bonds. The highest BCUT2D eigenvalue weighted by Gasteiger charge is 2.22. The number of carbonyl (C=O) groups excluding carboxylic acids is 1. The lowest BCUT2D eigenvalue weighted by Crippen LogP contribution is -2.28. The molecule has 1 aromatic carbocycles. The average Bonchev–Trinajstić information content (AvgIpc) is 2.88. The lowest BCUT2D eigenvalue weighted by atomic mass is 10.2. The van der Waals surface area contributed by atoms with E-state index in [1.807, 2.05) is 12.1 Å². The average molecular weight is 344 g/mol. The van der Waals surface area contributed by atoms with E-state index in [9.17, 15) is 9.59 Å². The van der Waals surface area contributed by atoms with Crippen LogP contribution in [0, 0.1) is 0 Å². The number of amides is 1. The Balaban J connectivity index is 2.16. The van der Waals surface area contributed by atoms with Gasteiger partial charge in [0.2, 0.25) is 5.91 Å². The molecule has 1 aliphatic rings. The van der Waals surface area contributed by atoms with Crippen LogP contribution in [-0.2, 0) is 17.9 Å². The number of nitrogens with zero attached hydrogens (tertiary/aromatic N) is 3. The predicted octanol–water partition coefficient (Wildman–Crippen LogP) is 1.34. The summed E-state index contributed by atoms with van der Waals surface area (Å²) in [5, 5.41) is 1.51. The minimum Gasteiger partial charge on any atom is -0.497 e. The van der Waals surface area contributed by atoms with Crippen LogP contribution < -0.4 is 16.0 Å². The summed E-state index contributed by atoms with van der Waals surface area (Å²) in [5.74, 6) is 1.12. The highest BCUT2D eigenvalue weighted by Crippen LogP contribution is 2.31. The lowest BCUT2D eigenvalue weighted by Gasteiger charge is -2.16. The number of rotatable bonds is 3. The first-order chi connectivity index (χ1) is 11.6. The van der Waals surface area contributed by atoms with Gasteiger partial charge in [-0.1, -0.05) is 11.8 Å². The summed E-state index contributed by atoms with van der Waals surface area (Å²) in [6, 6.07) is 5.46. The molecule has 0 fully saturated rings. The minimum atomic E-state index is -0.499. The number of thioether (sulfide) groups is 1. The van der Waals surface area contributed by atoms with Gasteiger partial charge in [0.1, 0.15) is 23.3 Å². The maximum atomic E-state index is 13.0. The van der Waals surface area contributed by atoms with Gasteiger partial charge in [-0.05, 0) is 24.6 Å². The van der Waals surface area contributed by atoms with Crippen molar-refractivity contribution in [3.8, 4) is 5.75 Å². The number of hydrogen-bond acceptors (Lipinski definition) is 5. The molecular weight excluding hydrogens is 328 g/mol. The van der Waals surface area contributed by atoms with Crippen molar-refractivity contribution in [3.63, 3.8) is 0 Å². The fraction of sp³-hybridized carbons (Fsp3) is 0.312. The first-order valence-electron chi connectivity index (χ1n) is 7.62. The lowest BCUT2D eigenvalue weighted by molar-refractivity contribution is -0.118. The summed E-state index contributed by atoms with van der Waals surface area (Å²) in [4.78, 5) is 29.2. The molecule has 0 atom stereocenters. The molecule has 124 valence electrons. The number of aromatic nitrogens is 3. The van der Waals surface area contributed by atoms with Crippen molar-refractivity contribution in [2.24, 2.45) is 5.73 Å². The van der Waals surface area contributed by atoms with Crippen molar-refractivity contribution >= 4 is 39.6 Å². The number of nitrogens with two attached hydrogens (primary N) is 1. The highest BCUT2D eigenvalue weighted by molar-refractivity contribution is 7.99. The molecule has 0 aliphatic carbocycles. The summed E-state index contributed by atoms with van der Waals surface area (Å²) in [6.45, 7) is 0.585. The van der Waals surface area contributed by atoms with Gasteiger partial charge in [0.05, 0.1) is 12.6 Å². The molecule has 8 heteroatoms. The van der Waals surface area contributed by atoms with Gasteiger partial charge in [-0.15, -0.1) is 0 Å². The Bertz CT molecular complexity index is 1040. The van der Waals surface area contributed by atoms with Gasteiger partial charge in [-0.3, -0.25) is 14.2 Å². The number of ether oxygens (including phenoxy) is 1. The molecule has 1 aliphatic heterocycles. The van der Waals surface area contributed by atoms with Crippen LogP contribution in [0.15, 0.2) is 28.2 Å². The van der Waals surface area contributed by atoms with E-state index in [2.05, 4.69) is 0 Å². The second-order valence-corrected chi connectivity index (χ2v) is 6.75. The number of primary amides is 1. The molecule has 4 rings (SSSR count). The van der Waals surface area contributed by atoms with Crippen molar-refractivity contribution in [1.29, 1.82) is 0 Å². The quantitative estimate of drug-likeness (QED) is 0.724. The van der Waals surface area contributed by atoms with E-state index in [1.54, 1.807) is 34.1 Å². The molecule has 0 bridgehead atoms. The Morgan fingerprint density at radius 2 is 2.29 bits per heavy atom. The van der Waals surface area contributed by atoms with Gasteiger partial charge in [-0.25, -0.2) is 4.98 Å². The van der Waals surface area contributed by atoms with E-state index in [-0.39, 0.29) is 12.1 Å². The van der Waals surface area contributed by atoms with Crippen LogP contribution in [0.4, 0.5) is 0 Å². The Labute approximate surface area is 141 Å². The van der Waals surface area contributed by atoms with Crippen LogP contribution in [0.1, 0.15) is 6.42 Å². The fourth-order valence-electron chi connectivity index (χ4n) is 3.16. The Morgan fingerprint density at radius 3 is 3.04 bits per heavy atom. The molecule has 0 saturated heterocycles. The predicted molar refractivity (Wildman–Crippen MR) is 92.6 cm³/mol. The maximum Gasteiger partial charge on any atom is 0.278 e. The van der Waals surface area contributed by atoms with E-state index >= 15 is 0 Å². The van der Waals surface area contributed by atoms with Gasteiger partial charge in [0.15, 0.2) is 5.16 Å². The van der Waals surface area contributed by atoms with Crippen molar-refractivity contribution in [1.82, 2.24) is 14.1 Å². The standard InChI is InChI=1S/C16H16N4O3S/c1-23-9-3-4-11-10(7-9)13-14(20(11)8-12(17)21)15(22)19-5-2-6-24-16(19)18-13/h3-4,7H,2,5-6,8H2,1H3,(H2,17,21). The Kier molecular flexibility index (Phi) is 3.49. The number of methoxy groups -OCH3 is 1. The van der Waals surface area contributed by atoms with Gasteiger partial charge >= 0.3 is 0 Å². The third-order valence-corrected chi connectivity index (χ3v) is 5.26. The van der Waals surface area contributed by atoms with Gasteiger partial charge in [0, 0.05) is 17.7 Å². The summed E-state index contributed by atoms with van der Waals surface area (Å²) in [5.41, 5.74) is 7.03. The molecule has 2 aromatic heterocycles.